The van der Waals surface area contributed by atoms with Crippen molar-refractivity contribution in [3.05, 3.63) is 34.7 Å². The van der Waals surface area contributed by atoms with Gasteiger partial charge in [0.1, 0.15) is 0 Å². The highest BCUT2D eigenvalue weighted by Gasteiger charge is 2.20. The van der Waals surface area contributed by atoms with Gasteiger partial charge in [0.2, 0.25) is 0 Å². The molecule has 1 aliphatic rings. The maximum Gasteiger partial charge on any atom is 0.0349 e. The van der Waals surface area contributed by atoms with Crippen LogP contribution in [-0.4, -0.2) is 17.5 Å². The van der Waals surface area contributed by atoms with E-state index >= 15 is 0 Å². The first-order chi connectivity index (χ1) is 9.79. The summed E-state index contributed by atoms with van der Waals surface area (Å²) >= 11 is 1.87. The van der Waals surface area contributed by atoms with Crippen LogP contribution in [0.3, 0.4) is 0 Å². The molecule has 0 aliphatic carbocycles. The lowest BCUT2D eigenvalue weighted by atomic mass is 10.1. The van der Waals surface area contributed by atoms with E-state index in [9.17, 15) is 0 Å². The van der Waals surface area contributed by atoms with E-state index in [-0.39, 0.29) is 0 Å². The highest BCUT2D eigenvalue weighted by Crippen LogP contribution is 2.33. The first-order valence-corrected chi connectivity index (χ1v) is 8.54. The van der Waals surface area contributed by atoms with Crippen LogP contribution in [0.15, 0.2) is 24.3 Å². The van der Waals surface area contributed by atoms with E-state index in [0.717, 1.165) is 6.54 Å². The van der Waals surface area contributed by atoms with Gasteiger partial charge in [-0.1, -0.05) is 31.0 Å². The Morgan fingerprint density at radius 1 is 1.25 bits per heavy atom. The number of nitrogens with two attached hydrogens (primary N) is 1. The molecule has 0 saturated carbocycles. The van der Waals surface area contributed by atoms with Gasteiger partial charge in [0.05, 0.1) is 0 Å². The van der Waals surface area contributed by atoms with Crippen molar-refractivity contribution in [3.63, 3.8) is 0 Å². The number of thiophene rings is 1. The number of likely N-dealkylation sites (tertiary alicyclic amines) is 1. The monoisotopic (exact) mass is 288 g/mol. The van der Waals surface area contributed by atoms with Crippen LogP contribution >= 0.6 is 11.3 Å². The van der Waals surface area contributed by atoms with Crippen LogP contribution in [0, 0.1) is 0 Å². The summed E-state index contributed by atoms with van der Waals surface area (Å²) in [6.07, 6.45) is 5.44. The largest absolute Gasteiger partial charge is 0.326 e. The number of fused-ring (bicyclic) bond motifs is 1. The van der Waals surface area contributed by atoms with Crippen molar-refractivity contribution in [2.24, 2.45) is 5.73 Å². The summed E-state index contributed by atoms with van der Waals surface area (Å²) in [7, 11) is 0. The lowest BCUT2D eigenvalue weighted by Crippen LogP contribution is -2.32. The molecule has 20 heavy (non-hydrogen) atoms. The van der Waals surface area contributed by atoms with Crippen LogP contribution in [0.5, 0.6) is 0 Å². The van der Waals surface area contributed by atoms with Gasteiger partial charge >= 0.3 is 0 Å². The molecule has 1 atom stereocenters. The predicted molar refractivity (Wildman–Crippen MR) is 88.1 cm³/mol. The van der Waals surface area contributed by atoms with E-state index in [0.29, 0.717) is 12.6 Å². The zero-order chi connectivity index (χ0) is 13.9. The number of rotatable bonds is 3. The van der Waals surface area contributed by atoms with Crippen molar-refractivity contribution >= 4 is 21.4 Å². The Kier molecular flexibility index (Phi) is 4.39. The predicted octanol–water partition coefficient (Wildman–Crippen LogP) is 4.12. The summed E-state index contributed by atoms with van der Waals surface area (Å²) in [6.45, 7) is 5.34. The van der Waals surface area contributed by atoms with E-state index in [1.165, 1.54) is 52.8 Å². The second-order valence-corrected chi connectivity index (χ2v) is 7.01. The molecule has 0 amide bonds. The van der Waals surface area contributed by atoms with Gasteiger partial charge in [-0.25, -0.2) is 0 Å². The molecule has 108 valence electrons. The summed E-state index contributed by atoms with van der Waals surface area (Å²) in [5.41, 5.74) is 7.45. The van der Waals surface area contributed by atoms with Crippen LogP contribution < -0.4 is 5.73 Å². The Bertz CT molecular complexity index is 575. The molecule has 1 aliphatic heterocycles. The summed E-state index contributed by atoms with van der Waals surface area (Å²) < 4.78 is 1.38. The molecule has 1 unspecified atom stereocenters. The first-order valence-electron chi connectivity index (χ1n) is 7.73. The molecule has 1 aromatic carbocycles. The fraction of sp³-hybridized carbons (Fsp3) is 0.529. The molecule has 3 rings (SSSR count). The minimum Gasteiger partial charge on any atom is -0.326 e. The van der Waals surface area contributed by atoms with Gasteiger partial charge in [-0.05, 0) is 43.3 Å². The van der Waals surface area contributed by atoms with E-state index in [2.05, 4.69) is 36.1 Å². The minimum absolute atomic E-state index is 0.664. The lowest BCUT2D eigenvalue weighted by Gasteiger charge is -2.27. The summed E-state index contributed by atoms with van der Waals surface area (Å²) in [4.78, 5) is 4.02. The third-order valence-corrected chi connectivity index (χ3v) is 5.75. The third-order valence-electron chi connectivity index (χ3n) is 4.52. The quantitative estimate of drug-likeness (QED) is 0.920. The summed E-state index contributed by atoms with van der Waals surface area (Å²) in [5, 5.41) is 1.41. The highest BCUT2D eigenvalue weighted by atomic mass is 32.1. The third kappa shape index (κ3) is 2.76. The molecule has 1 fully saturated rings. The number of nitrogens with zero attached hydrogens (tertiary/aromatic N) is 1. The molecule has 0 bridgehead atoms. The van der Waals surface area contributed by atoms with Crippen molar-refractivity contribution in [3.8, 4) is 0 Å². The standard InChI is InChI=1S/C17H24N2S/c1-13-7-3-2-6-10-19(13)12-15-14-8-4-5-9-16(14)20-17(15)11-18/h4-5,8-9,13H,2-3,6-7,10-12,18H2,1H3. The van der Waals surface area contributed by atoms with Crippen molar-refractivity contribution in [2.45, 2.75) is 51.7 Å². The average molecular weight is 288 g/mol. The van der Waals surface area contributed by atoms with Crippen LogP contribution in [0.2, 0.25) is 0 Å². The molecule has 0 radical (unpaired) electrons. The molecule has 2 aromatic rings. The Morgan fingerprint density at radius 2 is 2.10 bits per heavy atom. The van der Waals surface area contributed by atoms with Gasteiger partial charge in [-0.2, -0.15) is 0 Å². The molecular formula is C17H24N2S. The molecule has 2 nitrogen and oxygen atoms in total. The smallest absolute Gasteiger partial charge is 0.0349 e. The number of hydrogen-bond acceptors (Lipinski definition) is 3. The second-order valence-electron chi connectivity index (χ2n) is 5.87. The molecule has 2 heterocycles. The van der Waals surface area contributed by atoms with Crippen LogP contribution in [0.25, 0.3) is 10.1 Å². The molecule has 1 aromatic heterocycles. The fourth-order valence-electron chi connectivity index (χ4n) is 3.26. The lowest BCUT2D eigenvalue weighted by molar-refractivity contribution is 0.205. The van der Waals surface area contributed by atoms with Crippen molar-refractivity contribution < 1.29 is 0 Å². The molecule has 3 heteroatoms. The Hall–Kier alpha value is -0.900. The molecular weight excluding hydrogens is 264 g/mol. The fourth-order valence-corrected chi connectivity index (χ4v) is 4.35. The van der Waals surface area contributed by atoms with E-state index in [4.69, 9.17) is 5.73 Å². The number of hydrogen-bond donors (Lipinski definition) is 1. The van der Waals surface area contributed by atoms with Crippen LogP contribution in [0.4, 0.5) is 0 Å². The topological polar surface area (TPSA) is 29.3 Å². The van der Waals surface area contributed by atoms with Gasteiger partial charge in [0.25, 0.3) is 0 Å². The summed E-state index contributed by atoms with van der Waals surface area (Å²) in [6, 6.07) is 9.43. The molecule has 2 N–H and O–H groups in total. The van der Waals surface area contributed by atoms with Gasteiger partial charge in [-0.15, -0.1) is 11.3 Å². The first kappa shape index (κ1) is 14.1. The SMILES string of the molecule is CC1CCCCCN1Cc1c(CN)sc2ccccc12. The van der Waals surface area contributed by atoms with E-state index in [1.54, 1.807) is 0 Å². The Balaban J connectivity index is 1.92. The van der Waals surface area contributed by atoms with Crippen LogP contribution in [-0.2, 0) is 13.1 Å². The van der Waals surface area contributed by atoms with Crippen molar-refractivity contribution in [2.75, 3.05) is 6.54 Å². The minimum atomic E-state index is 0.664. The van der Waals surface area contributed by atoms with Crippen molar-refractivity contribution in [1.29, 1.82) is 0 Å². The molecule has 0 spiro atoms. The average Bonchev–Trinajstić information content (AvgIpc) is 2.70. The maximum absolute atomic E-state index is 5.98. The van der Waals surface area contributed by atoms with E-state index < -0.39 is 0 Å². The second kappa shape index (κ2) is 6.25. The van der Waals surface area contributed by atoms with E-state index in [1.807, 2.05) is 11.3 Å². The highest BCUT2D eigenvalue weighted by molar-refractivity contribution is 7.19. The normalized spacial score (nSPS) is 21.2. The molecule has 1 saturated heterocycles. The number of benzene rings is 1. The zero-order valence-corrected chi connectivity index (χ0v) is 13.1. The van der Waals surface area contributed by atoms with Crippen LogP contribution in [0.1, 0.15) is 43.0 Å². The maximum atomic E-state index is 5.98. The Labute approximate surface area is 125 Å². The van der Waals surface area contributed by atoms with Crippen molar-refractivity contribution in [1.82, 2.24) is 4.90 Å². The van der Waals surface area contributed by atoms with Gasteiger partial charge in [0.15, 0.2) is 0 Å². The van der Waals surface area contributed by atoms with Gasteiger partial charge in [0, 0.05) is 28.7 Å². The Morgan fingerprint density at radius 3 is 2.95 bits per heavy atom. The van der Waals surface area contributed by atoms with Gasteiger partial charge < -0.3 is 5.73 Å². The summed E-state index contributed by atoms with van der Waals surface area (Å²) in [5.74, 6) is 0. The zero-order valence-electron chi connectivity index (χ0n) is 12.3. The van der Waals surface area contributed by atoms with Gasteiger partial charge in [-0.3, -0.25) is 4.90 Å².